The molecule has 3 aromatic heterocycles. The second-order valence-electron chi connectivity index (χ2n) is 6.05. The number of H-pyrrole nitrogens is 1. The average Bonchev–Trinajstić information content (AvgIpc) is 3.35. The monoisotopic (exact) mass is 428 g/mol. The fourth-order valence-electron chi connectivity index (χ4n) is 2.87. The number of ether oxygens (including phenoxy) is 1. The molecule has 8 heteroatoms. The number of hydrogen-bond acceptors (Lipinski definition) is 7. The molecule has 1 N–H and O–H groups in total. The number of carbonyl (C=O) groups is 1. The maximum absolute atomic E-state index is 12.7. The number of nitrogens with one attached hydrogen (secondary N) is 1. The van der Waals surface area contributed by atoms with Crippen LogP contribution in [0.15, 0.2) is 51.0 Å². The Kier molecular flexibility index (Phi) is 5.34. The van der Waals surface area contributed by atoms with Crippen molar-refractivity contribution in [3.63, 3.8) is 0 Å². The van der Waals surface area contributed by atoms with Crippen molar-refractivity contribution < 1.29 is 9.53 Å². The standard InChI is InChI=1S/C20H16N2O3S3/c1-11(23)12-5-6-15(25-2)13(8-12)9-28-20-21-18(24)17-14(10-27-19(17)22-20)16-4-3-7-26-16/h3-8,10H,9H2,1-2H3,(H,21,22,24). The normalized spacial score (nSPS) is 11.1. The smallest absolute Gasteiger partial charge is 0.260 e. The number of aromatic nitrogens is 2. The van der Waals surface area contributed by atoms with Gasteiger partial charge in [-0.05, 0) is 36.6 Å². The number of nitrogens with zero attached hydrogens (tertiary/aromatic N) is 1. The Morgan fingerprint density at radius 1 is 1.29 bits per heavy atom. The van der Waals surface area contributed by atoms with Gasteiger partial charge >= 0.3 is 0 Å². The molecule has 0 aliphatic carbocycles. The van der Waals surface area contributed by atoms with Crippen LogP contribution in [0.25, 0.3) is 20.7 Å². The molecule has 0 aliphatic heterocycles. The summed E-state index contributed by atoms with van der Waals surface area (Å²) in [7, 11) is 1.60. The Morgan fingerprint density at radius 3 is 2.86 bits per heavy atom. The van der Waals surface area contributed by atoms with E-state index in [9.17, 15) is 9.59 Å². The minimum absolute atomic E-state index is 0.00143. The maximum Gasteiger partial charge on any atom is 0.260 e. The minimum atomic E-state index is -0.137. The molecule has 1 aromatic carbocycles. The van der Waals surface area contributed by atoms with E-state index in [1.807, 2.05) is 29.0 Å². The van der Waals surface area contributed by atoms with Gasteiger partial charge in [0.15, 0.2) is 10.9 Å². The summed E-state index contributed by atoms with van der Waals surface area (Å²) in [6.07, 6.45) is 0. The summed E-state index contributed by atoms with van der Waals surface area (Å²) < 4.78 is 5.39. The lowest BCUT2D eigenvalue weighted by molar-refractivity contribution is 0.101. The van der Waals surface area contributed by atoms with E-state index in [0.29, 0.717) is 27.6 Å². The first-order valence-electron chi connectivity index (χ1n) is 8.43. The Hall–Kier alpha value is -2.42. The second kappa shape index (κ2) is 7.90. The van der Waals surface area contributed by atoms with Gasteiger partial charge in [0, 0.05) is 32.7 Å². The highest BCUT2D eigenvalue weighted by atomic mass is 32.2. The Morgan fingerprint density at radius 2 is 2.14 bits per heavy atom. The molecule has 4 aromatic rings. The summed E-state index contributed by atoms with van der Waals surface area (Å²) in [5.74, 6) is 1.24. The molecule has 0 amide bonds. The zero-order valence-electron chi connectivity index (χ0n) is 15.1. The van der Waals surface area contributed by atoms with Gasteiger partial charge in [-0.1, -0.05) is 17.8 Å². The highest BCUT2D eigenvalue weighted by molar-refractivity contribution is 7.98. The molecule has 0 radical (unpaired) electrons. The van der Waals surface area contributed by atoms with Gasteiger partial charge in [0.1, 0.15) is 10.6 Å². The molecule has 0 saturated heterocycles. The van der Waals surface area contributed by atoms with Crippen LogP contribution in [0.3, 0.4) is 0 Å². The van der Waals surface area contributed by atoms with Crippen molar-refractivity contribution in [3.8, 4) is 16.2 Å². The number of hydrogen-bond donors (Lipinski definition) is 1. The fourth-order valence-corrected chi connectivity index (χ4v) is 5.53. The third-order valence-corrected chi connectivity index (χ3v) is 6.96. The summed E-state index contributed by atoms with van der Waals surface area (Å²) in [6.45, 7) is 1.54. The van der Waals surface area contributed by atoms with Gasteiger partial charge in [-0.3, -0.25) is 9.59 Å². The van der Waals surface area contributed by atoms with E-state index in [1.165, 1.54) is 30.0 Å². The Labute approximate surface area is 173 Å². The quantitative estimate of drug-likeness (QED) is 0.259. The highest BCUT2D eigenvalue weighted by Gasteiger charge is 2.15. The predicted molar refractivity (Wildman–Crippen MR) is 116 cm³/mol. The van der Waals surface area contributed by atoms with Crippen molar-refractivity contribution in [2.75, 3.05) is 7.11 Å². The Bertz CT molecular complexity index is 1210. The zero-order chi connectivity index (χ0) is 19.7. The molecule has 0 bridgehead atoms. The van der Waals surface area contributed by atoms with Crippen LogP contribution in [-0.2, 0) is 5.75 Å². The Balaban J connectivity index is 1.64. The van der Waals surface area contributed by atoms with Crippen molar-refractivity contribution in [2.45, 2.75) is 17.8 Å². The second-order valence-corrected chi connectivity index (χ2v) is 8.82. The van der Waals surface area contributed by atoms with Crippen molar-refractivity contribution >= 4 is 50.4 Å². The van der Waals surface area contributed by atoms with E-state index in [0.717, 1.165) is 20.8 Å². The van der Waals surface area contributed by atoms with Gasteiger partial charge in [0.25, 0.3) is 5.56 Å². The van der Waals surface area contributed by atoms with E-state index in [2.05, 4.69) is 9.97 Å². The first kappa shape index (κ1) is 18.9. The van der Waals surface area contributed by atoms with Gasteiger partial charge in [0.2, 0.25) is 0 Å². The number of thiophene rings is 2. The molecule has 4 rings (SSSR count). The van der Waals surface area contributed by atoms with Crippen molar-refractivity contribution in [2.24, 2.45) is 0 Å². The lowest BCUT2D eigenvalue weighted by atomic mass is 10.1. The van der Waals surface area contributed by atoms with Gasteiger partial charge in [-0.2, -0.15) is 0 Å². The number of fused-ring (bicyclic) bond motifs is 1. The van der Waals surface area contributed by atoms with Gasteiger partial charge in [-0.25, -0.2) is 4.98 Å². The van der Waals surface area contributed by atoms with Gasteiger partial charge in [0.05, 0.1) is 12.5 Å². The van der Waals surface area contributed by atoms with Crippen molar-refractivity contribution in [1.29, 1.82) is 0 Å². The first-order valence-corrected chi connectivity index (χ1v) is 11.2. The number of thioether (sulfide) groups is 1. The van der Waals surface area contributed by atoms with E-state index >= 15 is 0 Å². The largest absolute Gasteiger partial charge is 0.496 e. The summed E-state index contributed by atoms with van der Waals surface area (Å²) in [4.78, 5) is 33.6. The molecule has 0 aliphatic rings. The molecule has 142 valence electrons. The molecule has 0 spiro atoms. The molecule has 0 atom stereocenters. The number of methoxy groups -OCH3 is 1. The number of Topliss-reactive ketones (excluding diaryl/α,β-unsaturated/α-hetero) is 1. The van der Waals surface area contributed by atoms with E-state index in [-0.39, 0.29) is 11.3 Å². The predicted octanol–water partition coefficient (Wildman–Crippen LogP) is 5.22. The molecular weight excluding hydrogens is 412 g/mol. The summed E-state index contributed by atoms with van der Waals surface area (Å²) in [5.41, 5.74) is 2.30. The van der Waals surface area contributed by atoms with Crippen LogP contribution in [0.4, 0.5) is 0 Å². The van der Waals surface area contributed by atoms with Crippen molar-refractivity contribution in [3.05, 3.63) is 62.6 Å². The number of aromatic amines is 1. The zero-order valence-corrected chi connectivity index (χ0v) is 17.6. The molecule has 0 fully saturated rings. The summed E-state index contributed by atoms with van der Waals surface area (Å²) in [6, 6.07) is 9.34. The van der Waals surface area contributed by atoms with Crippen LogP contribution in [-0.4, -0.2) is 22.9 Å². The van der Waals surface area contributed by atoms with Crippen LogP contribution in [0, 0.1) is 0 Å². The number of benzene rings is 1. The number of rotatable bonds is 6. The van der Waals surface area contributed by atoms with Gasteiger partial charge in [-0.15, -0.1) is 22.7 Å². The van der Waals surface area contributed by atoms with E-state index in [1.54, 1.807) is 30.6 Å². The molecule has 3 heterocycles. The average molecular weight is 429 g/mol. The molecular formula is C20H16N2O3S3. The molecule has 0 saturated carbocycles. The third kappa shape index (κ3) is 3.63. The summed E-state index contributed by atoms with van der Waals surface area (Å²) >= 11 is 4.48. The number of ketones is 1. The van der Waals surface area contributed by atoms with Crippen LogP contribution in [0.2, 0.25) is 0 Å². The molecule has 0 unspecified atom stereocenters. The number of carbonyl (C=O) groups excluding carboxylic acids is 1. The van der Waals surface area contributed by atoms with E-state index in [4.69, 9.17) is 4.74 Å². The topological polar surface area (TPSA) is 72.0 Å². The molecule has 5 nitrogen and oxygen atoms in total. The van der Waals surface area contributed by atoms with Gasteiger partial charge < -0.3 is 9.72 Å². The highest BCUT2D eigenvalue weighted by Crippen LogP contribution is 2.34. The SMILES string of the molecule is COc1ccc(C(C)=O)cc1CSc1nc2scc(-c3cccs3)c2c(=O)[nH]1. The maximum atomic E-state index is 12.7. The first-order chi connectivity index (χ1) is 13.6. The third-order valence-electron chi connectivity index (χ3n) is 4.26. The fraction of sp³-hybridized carbons (Fsp3) is 0.150. The van der Waals surface area contributed by atoms with Crippen LogP contribution < -0.4 is 10.3 Å². The van der Waals surface area contributed by atoms with Crippen molar-refractivity contribution in [1.82, 2.24) is 9.97 Å². The minimum Gasteiger partial charge on any atom is -0.496 e. The van der Waals surface area contributed by atoms with Crippen LogP contribution in [0.5, 0.6) is 5.75 Å². The van der Waals surface area contributed by atoms with Crippen LogP contribution >= 0.6 is 34.4 Å². The van der Waals surface area contributed by atoms with E-state index < -0.39 is 0 Å². The molecule has 28 heavy (non-hydrogen) atoms. The van der Waals surface area contributed by atoms with Crippen LogP contribution in [0.1, 0.15) is 22.8 Å². The summed E-state index contributed by atoms with van der Waals surface area (Å²) in [5, 5.41) is 5.15. The lowest BCUT2D eigenvalue weighted by Crippen LogP contribution is -2.08. The lowest BCUT2D eigenvalue weighted by Gasteiger charge is -2.09.